The maximum Gasteiger partial charge on any atom is 0.268 e. The number of nitrogens with zero attached hydrogens (tertiary/aromatic N) is 2. The standard InChI is InChI=1S/C16H15N3O2S/c1-16(2,21-11-7-4-3-5-8-11)15(20)17-12-9-6-10-13-14(12)19-22-18-13/h3-10H,1-2H3,(H,17,20). The van der Waals surface area contributed by atoms with Gasteiger partial charge in [-0.2, -0.15) is 8.75 Å². The molecule has 0 fully saturated rings. The Morgan fingerprint density at radius 3 is 2.64 bits per heavy atom. The van der Waals surface area contributed by atoms with Gasteiger partial charge in [0, 0.05) is 0 Å². The van der Waals surface area contributed by atoms with E-state index >= 15 is 0 Å². The summed E-state index contributed by atoms with van der Waals surface area (Å²) in [6.45, 7) is 3.46. The van der Waals surface area contributed by atoms with Gasteiger partial charge in [-0.1, -0.05) is 24.3 Å². The van der Waals surface area contributed by atoms with Crippen LogP contribution in [0.5, 0.6) is 5.75 Å². The highest BCUT2D eigenvalue weighted by molar-refractivity contribution is 7.00. The third-order valence-electron chi connectivity index (χ3n) is 3.20. The number of nitrogens with one attached hydrogen (secondary N) is 1. The summed E-state index contributed by atoms with van der Waals surface area (Å²) in [5.74, 6) is 0.410. The van der Waals surface area contributed by atoms with Crippen LogP contribution in [0.2, 0.25) is 0 Å². The number of rotatable bonds is 4. The zero-order valence-electron chi connectivity index (χ0n) is 12.2. The maximum absolute atomic E-state index is 12.5. The van der Waals surface area contributed by atoms with Crippen LogP contribution in [0.3, 0.4) is 0 Å². The Morgan fingerprint density at radius 1 is 1.09 bits per heavy atom. The Labute approximate surface area is 132 Å². The van der Waals surface area contributed by atoms with Crippen molar-refractivity contribution in [3.05, 3.63) is 48.5 Å². The maximum atomic E-state index is 12.5. The Bertz CT molecular complexity index is 799. The van der Waals surface area contributed by atoms with Crippen molar-refractivity contribution in [2.75, 3.05) is 5.32 Å². The van der Waals surface area contributed by atoms with E-state index in [1.54, 1.807) is 19.9 Å². The van der Waals surface area contributed by atoms with Crippen LogP contribution in [0.4, 0.5) is 5.69 Å². The van der Waals surface area contributed by atoms with E-state index in [2.05, 4.69) is 14.1 Å². The molecule has 0 radical (unpaired) electrons. The summed E-state index contributed by atoms with van der Waals surface area (Å²) in [5, 5.41) is 2.87. The number of hydrogen-bond acceptors (Lipinski definition) is 5. The van der Waals surface area contributed by atoms with Gasteiger partial charge in [0.05, 0.1) is 17.4 Å². The smallest absolute Gasteiger partial charge is 0.268 e. The normalized spacial score (nSPS) is 11.4. The molecule has 22 heavy (non-hydrogen) atoms. The lowest BCUT2D eigenvalue weighted by Crippen LogP contribution is -2.42. The van der Waals surface area contributed by atoms with E-state index in [1.807, 2.05) is 42.5 Å². The van der Waals surface area contributed by atoms with Crippen molar-refractivity contribution in [3.8, 4) is 5.75 Å². The van der Waals surface area contributed by atoms with E-state index in [0.29, 0.717) is 17.0 Å². The average Bonchev–Trinajstić information content (AvgIpc) is 2.97. The van der Waals surface area contributed by atoms with Crippen LogP contribution < -0.4 is 10.1 Å². The Hall–Kier alpha value is -2.47. The number of ether oxygens (including phenoxy) is 1. The van der Waals surface area contributed by atoms with Crippen LogP contribution in [0.1, 0.15) is 13.8 Å². The Morgan fingerprint density at radius 2 is 1.86 bits per heavy atom. The molecule has 2 aromatic carbocycles. The molecular weight excluding hydrogens is 298 g/mol. The summed E-state index contributed by atoms with van der Waals surface area (Å²) in [6, 6.07) is 14.8. The van der Waals surface area contributed by atoms with Gasteiger partial charge in [0.15, 0.2) is 5.60 Å². The molecule has 0 saturated heterocycles. The third kappa shape index (κ3) is 2.92. The molecule has 0 aliphatic carbocycles. The quantitative estimate of drug-likeness (QED) is 0.801. The van der Waals surface area contributed by atoms with Crippen LogP contribution in [-0.2, 0) is 4.79 Å². The number of hydrogen-bond donors (Lipinski definition) is 1. The minimum absolute atomic E-state index is 0.239. The molecule has 0 bridgehead atoms. The molecule has 0 aliphatic rings. The molecule has 1 N–H and O–H groups in total. The fraction of sp³-hybridized carbons (Fsp3) is 0.188. The molecule has 3 aromatic rings. The molecule has 0 aliphatic heterocycles. The first-order chi connectivity index (χ1) is 10.6. The molecule has 1 aromatic heterocycles. The highest BCUT2D eigenvalue weighted by atomic mass is 32.1. The predicted octanol–water partition coefficient (Wildman–Crippen LogP) is 3.49. The lowest BCUT2D eigenvalue weighted by molar-refractivity contribution is -0.128. The number of carbonyl (C=O) groups is 1. The second kappa shape index (κ2) is 5.73. The average molecular weight is 313 g/mol. The van der Waals surface area contributed by atoms with Gasteiger partial charge >= 0.3 is 0 Å². The zero-order chi connectivity index (χ0) is 15.6. The molecule has 5 nitrogen and oxygen atoms in total. The molecule has 0 atom stereocenters. The zero-order valence-corrected chi connectivity index (χ0v) is 13.1. The predicted molar refractivity (Wildman–Crippen MR) is 87.2 cm³/mol. The van der Waals surface area contributed by atoms with Gasteiger partial charge in [0.25, 0.3) is 5.91 Å². The van der Waals surface area contributed by atoms with Crippen LogP contribution in [0.25, 0.3) is 11.0 Å². The first kappa shape index (κ1) is 14.5. The molecule has 0 spiro atoms. The first-order valence-corrected chi connectivity index (χ1v) is 7.56. The minimum atomic E-state index is -1.01. The van der Waals surface area contributed by atoms with Crippen LogP contribution >= 0.6 is 11.7 Å². The SMILES string of the molecule is CC(C)(Oc1ccccc1)C(=O)Nc1cccc2nsnc12. The van der Waals surface area contributed by atoms with E-state index in [1.165, 1.54) is 0 Å². The van der Waals surface area contributed by atoms with E-state index in [4.69, 9.17) is 4.74 Å². The summed E-state index contributed by atoms with van der Waals surface area (Å²) >= 11 is 1.12. The molecule has 112 valence electrons. The van der Waals surface area contributed by atoms with Crippen molar-refractivity contribution < 1.29 is 9.53 Å². The van der Waals surface area contributed by atoms with Gasteiger partial charge < -0.3 is 10.1 Å². The lowest BCUT2D eigenvalue weighted by atomic mass is 10.1. The third-order valence-corrected chi connectivity index (χ3v) is 3.74. The molecule has 0 unspecified atom stereocenters. The minimum Gasteiger partial charge on any atom is -0.478 e. The molecule has 0 saturated carbocycles. The van der Waals surface area contributed by atoms with Gasteiger partial charge in [-0.25, -0.2) is 0 Å². The summed E-state index contributed by atoms with van der Waals surface area (Å²) in [6.07, 6.45) is 0. The fourth-order valence-corrected chi connectivity index (χ4v) is 2.56. The van der Waals surface area contributed by atoms with Gasteiger partial charge in [-0.15, -0.1) is 0 Å². The van der Waals surface area contributed by atoms with Crippen molar-refractivity contribution >= 4 is 34.4 Å². The lowest BCUT2D eigenvalue weighted by Gasteiger charge is -2.25. The summed E-state index contributed by atoms with van der Waals surface area (Å²) in [4.78, 5) is 12.5. The Kier molecular flexibility index (Phi) is 3.77. The largest absolute Gasteiger partial charge is 0.478 e. The molecule has 3 rings (SSSR count). The highest BCUT2D eigenvalue weighted by Gasteiger charge is 2.30. The summed E-state index contributed by atoms with van der Waals surface area (Å²) in [7, 11) is 0. The highest BCUT2D eigenvalue weighted by Crippen LogP contribution is 2.24. The number of benzene rings is 2. The topological polar surface area (TPSA) is 64.1 Å². The van der Waals surface area contributed by atoms with Gasteiger partial charge in [0.1, 0.15) is 16.8 Å². The van der Waals surface area contributed by atoms with Crippen molar-refractivity contribution in [2.45, 2.75) is 19.4 Å². The number of para-hydroxylation sites is 1. The monoisotopic (exact) mass is 313 g/mol. The second-order valence-corrected chi connectivity index (χ2v) is 5.85. The number of amides is 1. The van der Waals surface area contributed by atoms with Gasteiger partial charge in [-0.05, 0) is 38.1 Å². The van der Waals surface area contributed by atoms with Crippen LogP contribution in [-0.4, -0.2) is 20.3 Å². The van der Waals surface area contributed by atoms with E-state index in [9.17, 15) is 4.79 Å². The van der Waals surface area contributed by atoms with Gasteiger partial charge in [-0.3, -0.25) is 4.79 Å². The summed E-state index contributed by atoms with van der Waals surface area (Å²) in [5.41, 5.74) is 1.09. The molecular formula is C16H15N3O2S. The number of carbonyl (C=O) groups excluding carboxylic acids is 1. The number of fused-ring (bicyclic) bond motifs is 1. The Balaban J connectivity index is 1.80. The second-order valence-electron chi connectivity index (χ2n) is 5.32. The molecule has 1 amide bonds. The van der Waals surface area contributed by atoms with Crippen molar-refractivity contribution in [1.82, 2.24) is 8.75 Å². The fourth-order valence-electron chi connectivity index (χ4n) is 2.01. The molecule has 1 heterocycles. The van der Waals surface area contributed by atoms with Crippen LogP contribution in [0.15, 0.2) is 48.5 Å². The van der Waals surface area contributed by atoms with Crippen molar-refractivity contribution in [2.24, 2.45) is 0 Å². The number of anilines is 1. The first-order valence-electron chi connectivity index (χ1n) is 6.83. The van der Waals surface area contributed by atoms with E-state index in [-0.39, 0.29) is 5.91 Å². The van der Waals surface area contributed by atoms with Crippen molar-refractivity contribution in [1.29, 1.82) is 0 Å². The molecule has 6 heteroatoms. The van der Waals surface area contributed by atoms with Crippen LogP contribution in [0, 0.1) is 0 Å². The number of aromatic nitrogens is 2. The summed E-state index contributed by atoms with van der Waals surface area (Å²) < 4.78 is 14.2. The van der Waals surface area contributed by atoms with Crippen molar-refractivity contribution in [3.63, 3.8) is 0 Å². The van der Waals surface area contributed by atoms with Gasteiger partial charge in [0.2, 0.25) is 0 Å². The van der Waals surface area contributed by atoms with E-state index < -0.39 is 5.60 Å². The van der Waals surface area contributed by atoms with E-state index in [0.717, 1.165) is 17.2 Å².